The average molecular weight is 132 g/mol. The molecule has 0 aromatic heterocycles. The molecule has 2 N–H and O–H groups in total. The monoisotopic (exact) mass is 132 g/mol. The van der Waals surface area contributed by atoms with Crippen LogP contribution in [0.1, 0.15) is 0 Å². The van der Waals surface area contributed by atoms with Gasteiger partial charge in [-0.05, 0) is 23.8 Å². The van der Waals surface area contributed by atoms with Gasteiger partial charge in [-0.2, -0.15) is 0 Å². The van der Waals surface area contributed by atoms with E-state index in [1.54, 1.807) is 0 Å². The van der Waals surface area contributed by atoms with Crippen LogP contribution in [0.4, 0.5) is 0 Å². The van der Waals surface area contributed by atoms with Crippen molar-refractivity contribution < 1.29 is 0 Å². The molecule has 0 amide bonds. The van der Waals surface area contributed by atoms with E-state index >= 15 is 0 Å². The van der Waals surface area contributed by atoms with Gasteiger partial charge in [-0.15, -0.1) is 0 Å². The molecule has 10 heavy (non-hydrogen) atoms. The largest absolute Gasteiger partial charge is 0.399 e. The minimum Gasteiger partial charge on any atom is -0.399 e. The zero-order chi connectivity index (χ0) is 6.97. The van der Waals surface area contributed by atoms with E-state index in [0.29, 0.717) is 0 Å². The Morgan fingerprint density at radius 3 is 3.30 bits per heavy atom. The first-order valence-corrected chi connectivity index (χ1v) is 3.25. The second-order valence-electron chi connectivity index (χ2n) is 2.41. The van der Waals surface area contributed by atoms with Crippen LogP contribution in [0.25, 0.3) is 0 Å². The predicted octanol–water partition coefficient (Wildman–Crippen LogP) is 0.778. The normalized spacial score (nSPS) is 27.8. The van der Waals surface area contributed by atoms with Crippen LogP contribution in [0.2, 0.25) is 0 Å². The molecule has 0 aromatic rings. The van der Waals surface area contributed by atoms with Gasteiger partial charge in [0, 0.05) is 11.9 Å². The van der Waals surface area contributed by atoms with E-state index in [0.717, 1.165) is 5.70 Å². The molecular weight excluding hydrogens is 124 g/mol. The van der Waals surface area contributed by atoms with Gasteiger partial charge in [0.25, 0.3) is 0 Å². The fourth-order valence-electron chi connectivity index (χ4n) is 1.14. The second-order valence-corrected chi connectivity index (χ2v) is 2.41. The van der Waals surface area contributed by atoms with Gasteiger partial charge in [-0.25, -0.2) is 0 Å². The highest BCUT2D eigenvalue weighted by Gasteiger charge is 2.13. The third kappa shape index (κ3) is 0.692. The molecule has 50 valence electrons. The smallest absolute Gasteiger partial charge is 0.0935 e. The third-order valence-corrected chi connectivity index (χ3v) is 1.66. The van der Waals surface area contributed by atoms with Gasteiger partial charge in [-0.1, -0.05) is 6.08 Å². The Labute approximate surface area is 59.4 Å². The van der Waals surface area contributed by atoms with Crippen molar-refractivity contribution in [3.05, 3.63) is 35.6 Å². The number of fused-ring (bicyclic) bond motifs is 1. The van der Waals surface area contributed by atoms with Crippen molar-refractivity contribution in [1.29, 1.82) is 0 Å². The van der Waals surface area contributed by atoms with Crippen LogP contribution in [-0.2, 0) is 0 Å². The van der Waals surface area contributed by atoms with Crippen LogP contribution in [0.15, 0.2) is 40.6 Å². The molecule has 1 atom stereocenters. The molecule has 0 radical (unpaired) electrons. The zero-order valence-corrected chi connectivity index (χ0v) is 5.49. The van der Waals surface area contributed by atoms with Crippen LogP contribution < -0.4 is 5.73 Å². The lowest BCUT2D eigenvalue weighted by Crippen LogP contribution is -2.07. The molecule has 1 aliphatic heterocycles. The molecule has 0 unspecified atom stereocenters. The standard InChI is InChI=1S/C8H8N2/c9-7-1-2-8-6(5-7)3-4-10-8/h1-5,8H,9H2/t8-/m1/s1. The molecule has 1 heterocycles. The quantitative estimate of drug-likeness (QED) is 0.519. The first-order chi connectivity index (χ1) is 4.86. The van der Waals surface area contributed by atoms with E-state index in [9.17, 15) is 0 Å². The number of allylic oxidation sites excluding steroid dienone is 2. The fourth-order valence-corrected chi connectivity index (χ4v) is 1.14. The molecular formula is C8H8N2. The Morgan fingerprint density at radius 2 is 2.40 bits per heavy atom. The van der Waals surface area contributed by atoms with Crippen molar-refractivity contribution in [2.45, 2.75) is 6.04 Å². The summed E-state index contributed by atoms with van der Waals surface area (Å²) in [6.45, 7) is 0. The molecule has 2 rings (SSSR count). The van der Waals surface area contributed by atoms with Gasteiger partial charge in [0.05, 0.1) is 6.04 Å². The van der Waals surface area contributed by atoms with E-state index in [4.69, 9.17) is 5.73 Å². The molecule has 2 nitrogen and oxygen atoms in total. The lowest BCUT2D eigenvalue weighted by molar-refractivity contribution is 0.989. The number of rotatable bonds is 0. The van der Waals surface area contributed by atoms with Gasteiger partial charge in [-0.3, -0.25) is 4.99 Å². The molecule has 0 bridgehead atoms. The second kappa shape index (κ2) is 1.84. The summed E-state index contributed by atoms with van der Waals surface area (Å²) in [5, 5.41) is 0. The van der Waals surface area contributed by atoms with Gasteiger partial charge >= 0.3 is 0 Å². The van der Waals surface area contributed by atoms with E-state index in [2.05, 4.69) is 4.99 Å². The van der Waals surface area contributed by atoms with Gasteiger partial charge < -0.3 is 5.73 Å². The highest BCUT2D eigenvalue weighted by atomic mass is 14.8. The van der Waals surface area contributed by atoms with Crippen LogP contribution in [0.5, 0.6) is 0 Å². The van der Waals surface area contributed by atoms with Crippen molar-refractivity contribution in [1.82, 2.24) is 0 Å². The summed E-state index contributed by atoms with van der Waals surface area (Å²) in [6.07, 6.45) is 9.66. The summed E-state index contributed by atoms with van der Waals surface area (Å²) >= 11 is 0. The van der Waals surface area contributed by atoms with Crippen molar-refractivity contribution in [2.75, 3.05) is 0 Å². The number of hydrogen-bond acceptors (Lipinski definition) is 2. The molecule has 0 saturated carbocycles. The van der Waals surface area contributed by atoms with Gasteiger partial charge in [0.15, 0.2) is 0 Å². The third-order valence-electron chi connectivity index (χ3n) is 1.66. The summed E-state index contributed by atoms with van der Waals surface area (Å²) in [5.74, 6) is 0. The summed E-state index contributed by atoms with van der Waals surface area (Å²) in [5.41, 5.74) is 7.58. The molecule has 0 saturated heterocycles. The number of nitrogens with zero attached hydrogens (tertiary/aromatic N) is 1. The minimum absolute atomic E-state index is 0.243. The first-order valence-electron chi connectivity index (χ1n) is 3.25. The highest BCUT2D eigenvalue weighted by Crippen LogP contribution is 2.19. The SMILES string of the molecule is NC1=CC2=CC=N[C@@H]2C=C1. The first kappa shape index (κ1) is 5.47. The average Bonchev–Trinajstić information content (AvgIpc) is 2.33. The summed E-state index contributed by atoms with van der Waals surface area (Å²) < 4.78 is 0. The number of nitrogens with two attached hydrogens (primary N) is 1. The lowest BCUT2D eigenvalue weighted by Gasteiger charge is -2.09. The summed E-state index contributed by atoms with van der Waals surface area (Å²) in [7, 11) is 0. The lowest BCUT2D eigenvalue weighted by atomic mass is 10.0. The highest BCUT2D eigenvalue weighted by molar-refractivity contribution is 5.78. The Kier molecular flexibility index (Phi) is 1.01. The number of hydrogen-bond donors (Lipinski definition) is 1. The van der Waals surface area contributed by atoms with Gasteiger partial charge in [0.2, 0.25) is 0 Å². The molecule has 1 aliphatic carbocycles. The predicted molar refractivity (Wildman–Crippen MR) is 41.8 cm³/mol. The summed E-state index contributed by atoms with van der Waals surface area (Å²) in [6, 6.07) is 0.243. The Balaban J connectivity index is 2.39. The van der Waals surface area contributed by atoms with E-state index in [1.165, 1.54) is 5.57 Å². The molecule has 2 heteroatoms. The van der Waals surface area contributed by atoms with Crippen molar-refractivity contribution >= 4 is 6.21 Å². The Morgan fingerprint density at radius 1 is 1.50 bits per heavy atom. The fraction of sp³-hybridized carbons (Fsp3) is 0.125. The summed E-state index contributed by atoms with van der Waals surface area (Å²) in [4.78, 5) is 4.19. The van der Waals surface area contributed by atoms with Gasteiger partial charge in [0.1, 0.15) is 0 Å². The van der Waals surface area contributed by atoms with Crippen molar-refractivity contribution in [3.63, 3.8) is 0 Å². The molecule has 0 aromatic carbocycles. The van der Waals surface area contributed by atoms with Crippen LogP contribution in [0, 0.1) is 0 Å². The molecule has 0 fully saturated rings. The van der Waals surface area contributed by atoms with Crippen LogP contribution >= 0.6 is 0 Å². The van der Waals surface area contributed by atoms with Crippen LogP contribution in [0.3, 0.4) is 0 Å². The van der Waals surface area contributed by atoms with Crippen molar-refractivity contribution in [2.24, 2.45) is 10.7 Å². The maximum Gasteiger partial charge on any atom is 0.0935 e. The van der Waals surface area contributed by atoms with E-state index < -0.39 is 0 Å². The van der Waals surface area contributed by atoms with E-state index in [1.807, 2.05) is 30.5 Å². The molecule has 2 aliphatic rings. The topological polar surface area (TPSA) is 38.4 Å². The Bertz CT molecular complexity index is 269. The maximum atomic E-state index is 5.57. The zero-order valence-electron chi connectivity index (χ0n) is 5.49. The Hall–Kier alpha value is -1.31. The molecule has 0 spiro atoms. The van der Waals surface area contributed by atoms with Crippen LogP contribution in [-0.4, -0.2) is 12.3 Å². The number of aliphatic imine (C=N–C) groups is 1. The maximum absolute atomic E-state index is 5.57. The minimum atomic E-state index is 0.243. The van der Waals surface area contributed by atoms with Crippen molar-refractivity contribution in [3.8, 4) is 0 Å². The van der Waals surface area contributed by atoms with E-state index in [-0.39, 0.29) is 6.04 Å².